The van der Waals surface area contributed by atoms with Crippen molar-refractivity contribution in [2.24, 2.45) is 5.73 Å². The van der Waals surface area contributed by atoms with Gasteiger partial charge >= 0.3 is 5.97 Å². The minimum absolute atomic E-state index is 0.0365. The van der Waals surface area contributed by atoms with Crippen LogP contribution < -0.4 is 5.73 Å². The molecule has 0 spiro atoms. The van der Waals surface area contributed by atoms with Gasteiger partial charge in [0.15, 0.2) is 0 Å². The largest absolute Gasteiger partial charge is 0.465 e. The highest BCUT2D eigenvalue weighted by molar-refractivity contribution is 6.01. The van der Waals surface area contributed by atoms with E-state index in [0.717, 1.165) is 18.4 Å². The molecule has 0 bridgehead atoms. The number of amides is 1. The molecule has 1 amide bonds. The molecule has 126 valence electrons. The summed E-state index contributed by atoms with van der Waals surface area (Å²) in [4.78, 5) is 26.3. The molecule has 0 atom stereocenters. The van der Waals surface area contributed by atoms with Crippen molar-refractivity contribution in [3.63, 3.8) is 0 Å². The monoisotopic (exact) mass is 318 g/mol. The summed E-state index contributed by atoms with van der Waals surface area (Å²) in [5, 5.41) is 0. The van der Waals surface area contributed by atoms with Crippen molar-refractivity contribution in [2.75, 3.05) is 7.11 Å². The topological polar surface area (TPSA) is 72.6 Å². The van der Waals surface area contributed by atoms with Crippen LogP contribution in [0.5, 0.6) is 0 Å². The Morgan fingerprint density at radius 1 is 1.26 bits per heavy atom. The summed E-state index contributed by atoms with van der Waals surface area (Å²) < 4.78 is 4.72. The predicted molar refractivity (Wildman–Crippen MR) is 89.2 cm³/mol. The van der Waals surface area contributed by atoms with Crippen LogP contribution in [0.15, 0.2) is 18.2 Å². The molecule has 2 rings (SSSR count). The Kier molecular flexibility index (Phi) is 4.53. The van der Waals surface area contributed by atoms with E-state index in [1.54, 1.807) is 12.1 Å². The molecule has 1 aliphatic heterocycles. The maximum atomic E-state index is 12.8. The third-order valence-corrected chi connectivity index (χ3v) is 4.45. The van der Waals surface area contributed by atoms with Crippen molar-refractivity contribution in [3.05, 3.63) is 34.9 Å². The third kappa shape index (κ3) is 3.72. The molecule has 5 nitrogen and oxygen atoms in total. The number of esters is 1. The lowest BCUT2D eigenvalue weighted by Crippen LogP contribution is -2.46. The van der Waals surface area contributed by atoms with Crippen molar-refractivity contribution < 1.29 is 14.3 Å². The molecule has 1 aromatic carbocycles. The number of hydrogen-bond acceptors (Lipinski definition) is 4. The highest BCUT2D eigenvalue weighted by atomic mass is 16.5. The fraction of sp³-hybridized carbons (Fsp3) is 0.556. The molecular weight excluding hydrogens is 292 g/mol. The number of nitrogens with two attached hydrogens (primary N) is 1. The van der Waals surface area contributed by atoms with Crippen LogP contribution in [0, 0.1) is 0 Å². The first-order valence-electron chi connectivity index (χ1n) is 7.87. The number of hydrogen-bond donors (Lipinski definition) is 1. The van der Waals surface area contributed by atoms with E-state index in [2.05, 4.69) is 13.8 Å². The van der Waals surface area contributed by atoms with Gasteiger partial charge in [0.25, 0.3) is 5.91 Å². The van der Waals surface area contributed by atoms with Gasteiger partial charge in [0.05, 0.1) is 12.7 Å². The van der Waals surface area contributed by atoms with Crippen molar-refractivity contribution in [2.45, 2.75) is 58.2 Å². The Hall–Kier alpha value is -1.88. The molecule has 2 N–H and O–H groups in total. The summed E-state index contributed by atoms with van der Waals surface area (Å²) in [6.45, 7) is 8.67. The molecule has 0 radical (unpaired) electrons. The third-order valence-electron chi connectivity index (χ3n) is 4.45. The highest BCUT2D eigenvalue weighted by Gasteiger charge is 2.38. The molecule has 0 fully saturated rings. The van der Waals surface area contributed by atoms with Crippen molar-refractivity contribution in [1.82, 2.24) is 4.90 Å². The fourth-order valence-corrected chi connectivity index (χ4v) is 2.80. The molecule has 1 heterocycles. The minimum atomic E-state index is -0.428. The van der Waals surface area contributed by atoms with E-state index in [1.807, 2.05) is 24.8 Å². The van der Waals surface area contributed by atoms with Crippen LogP contribution in [0.3, 0.4) is 0 Å². The second-order valence-corrected chi connectivity index (χ2v) is 7.56. The molecule has 1 aromatic rings. The molecule has 1 aliphatic rings. The summed E-state index contributed by atoms with van der Waals surface area (Å²) in [5.41, 5.74) is 7.46. The van der Waals surface area contributed by atoms with Gasteiger partial charge in [-0.05, 0) is 58.2 Å². The average Bonchev–Trinajstić information content (AvgIpc) is 2.81. The van der Waals surface area contributed by atoms with Crippen LogP contribution in [0.25, 0.3) is 0 Å². The van der Waals surface area contributed by atoms with Crippen LogP contribution in [0.2, 0.25) is 0 Å². The molecule has 0 saturated carbocycles. The lowest BCUT2D eigenvalue weighted by atomic mass is 9.89. The summed E-state index contributed by atoms with van der Waals surface area (Å²) in [5.74, 6) is -0.464. The molecule has 0 aliphatic carbocycles. The summed E-state index contributed by atoms with van der Waals surface area (Å²) >= 11 is 0. The Balaban J connectivity index is 2.22. The first-order valence-corrected chi connectivity index (χ1v) is 7.87. The number of fused-ring (bicyclic) bond motifs is 1. The van der Waals surface area contributed by atoms with Crippen molar-refractivity contribution >= 4 is 11.9 Å². The lowest BCUT2D eigenvalue weighted by molar-refractivity contribution is 0.0538. The second-order valence-electron chi connectivity index (χ2n) is 7.56. The van der Waals surface area contributed by atoms with Gasteiger partial charge in [0.2, 0.25) is 0 Å². The Morgan fingerprint density at radius 3 is 2.48 bits per heavy atom. The number of benzene rings is 1. The van der Waals surface area contributed by atoms with Gasteiger partial charge in [-0.3, -0.25) is 4.79 Å². The summed E-state index contributed by atoms with van der Waals surface area (Å²) in [6.07, 6.45) is 1.65. The fourth-order valence-electron chi connectivity index (χ4n) is 2.80. The number of carbonyl (C=O) groups excluding carboxylic acids is 2. The van der Waals surface area contributed by atoms with E-state index in [4.69, 9.17) is 10.5 Å². The van der Waals surface area contributed by atoms with Gasteiger partial charge in [0, 0.05) is 23.2 Å². The van der Waals surface area contributed by atoms with Crippen molar-refractivity contribution in [1.29, 1.82) is 0 Å². The van der Waals surface area contributed by atoms with Gasteiger partial charge in [0.1, 0.15) is 0 Å². The smallest absolute Gasteiger partial charge is 0.337 e. The molecule has 0 unspecified atom stereocenters. The quantitative estimate of drug-likeness (QED) is 0.847. The SMILES string of the molecule is COC(=O)c1ccc2c(c1)C(=O)N(C(C)(C)CCC(C)(C)N)C2. The zero-order valence-corrected chi connectivity index (χ0v) is 14.6. The van der Waals surface area contributed by atoms with E-state index in [1.165, 1.54) is 7.11 Å². The maximum Gasteiger partial charge on any atom is 0.337 e. The lowest BCUT2D eigenvalue weighted by Gasteiger charge is -2.37. The van der Waals surface area contributed by atoms with E-state index >= 15 is 0 Å². The van der Waals surface area contributed by atoms with E-state index < -0.39 is 5.97 Å². The minimum Gasteiger partial charge on any atom is -0.465 e. The normalized spacial score (nSPS) is 14.9. The predicted octanol–water partition coefficient (Wildman–Crippen LogP) is 2.73. The molecule has 0 saturated heterocycles. The van der Waals surface area contributed by atoms with Gasteiger partial charge in [-0.25, -0.2) is 4.79 Å². The Bertz CT molecular complexity index is 630. The zero-order valence-electron chi connectivity index (χ0n) is 14.6. The molecular formula is C18H26N2O3. The Labute approximate surface area is 137 Å². The van der Waals surface area contributed by atoms with Crippen LogP contribution in [-0.4, -0.2) is 35.0 Å². The van der Waals surface area contributed by atoms with Crippen LogP contribution in [0.1, 0.15) is 66.8 Å². The second kappa shape index (κ2) is 5.96. The summed E-state index contributed by atoms with van der Waals surface area (Å²) in [7, 11) is 1.33. The van der Waals surface area contributed by atoms with Gasteiger partial charge in [-0.1, -0.05) is 6.07 Å². The number of rotatable bonds is 5. The molecule has 0 aromatic heterocycles. The first-order chi connectivity index (χ1) is 10.5. The first kappa shape index (κ1) is 17.5. The zero-order chi connectivity index (χ0) is 17.4. The van der Waals surface area contributed by atoms with E-state index in [0.29, 0.717) is 17.7 Å². The Morgan fingerprint density at radius 2 is 1.91 bits per heavy atom. The number of carbonyl (C=O) groups is 2. The van der Waals surface area contributed by atoms with Crippen LogP contribution >= 0.6 is 0 Å². The maximum absolute atomic E-state index is 12.8. The molecule has 23 heavy (non-hydrogen) atoms. The number of nitrogens with zero attached hydrogens (tertiary/aromatic N) is 1. The van der Waals surface area contributed by atoms with E-state index in [-0.39, 0.29) is 17.0 Å². The average molecular weight is 318 g/mol. The standard InChI is InChI=1S/C18H26N2O3/c1-17(2,19)8-9-18(3,4)20-11-13-7-6-12(16(22)23-5)10-14(13)15(20)21/h6-7,10H,8-9,11,19H2,1-5H3. The van der Waals surface area contributed by atoms with Gasteiger partial charge in [-0.15, -0.1) is 0 Å². The highest BCUT2D eigenvalue weighted by Crippen LogP contribution is 2.33. The van der Waals surface area contributed by atoms with E-state index in [9.17, 15) is 9.59 Å². The van der Waals surface area contributed by atoms with Crippen molar-refractivity contribution in [3.8, 4) is 0 Å². The van der Waals surface area contributed by atoms with Gasteiger partial charge < -0.3 is 15.4 Å². The van der Waals surface area contributed by atoms with Crippen LogP contribution in [0.4, 0.5) is 0 Å². The number of methoxy groups -OCH3 is 1. The number of ether oxygens (including phenoxy) is 1. The van der Waals surface area contributed by atoms with Gasteiger partial charge in [-0.2, -0.15) is 0 Å². The summed E-state index contributed by atoms with van der Waals surface area (Å²) in [6, 6.07) is 5.17. The van der Waals surface area contributed by atoms with Crippen LogP contribution in [-0.2, 0) is 11.3 Å². The molecule has 5 heteroatoms.